The van der Waals surface area contributed by atoms with Crippen LogP contribution in [0, 0.1) is 0 Å². The molecule has 0 saturated carbocycles. The summed E-state index contributed by atoms with van der Waals surface area (Å²) in [5.41, 5.74) is 0.795. The molecule has 2 aromatic carbocycles. The van der Waals surface area contributed by atoms with Gasteiger partial charge in [-0.3, -0.25) is 0 Å². The Kier molecular flexibility index (Phi) is 5.84. The zero-order valence-corrected chi connectivity index (χ0v) is 16.6. The van der Waals surface area contributed by atoms with E-state index in [1.165, 1.54) is 0 Å². The Bertz CT molecular complexity index is 764. The second-order valence-corrected chi connectivity index (χ2v) is 9.30. The van der Waals surface area contributed by atoms with Crippen molar-refractivity contribution in [1.29, 1.82) is 0 Å². The van der Waals surface area contributed by atoms with E-state index in [0.717, 1.165) is 21.5 Å². The van der Waals surface area contributed by atoms with Gasteiger partial charge in [0, 0.05) is 0 Å². The number of esters is 1. The Morgan fingerprint density at radius 1 is 1.16 bits per heavy atom. The van der Waals surface area contributed by atoms with Crippen molar-refractivity contribution in [3.63, 3.8) is 0 Å². The van der Waals surface area contributed by atoms with E-state index in [0.29, 0.717) is 12.3 Å². The molecule has 0 radical (unpaired) electrons. The molecule has 0 N–H and O–H groups in total. The van der Waals surface area contributed by atoms with Gasteiger partial charge >= 0.3 is 158 Å². The van der Waals surface area contributed by atoms with E-state index in [4.69, 9.17) is 14.5 Å². The molecule has 3 rings (SSSR count). The molecule has 0 spiro atoms. The molecule has 0 aliphatic carbocycles. The first-order chi connectivity index (χ1) is 12.2. The van der Waals surface area contributed by atoms with E-state index in [1.807, 2.05) is 48.7 Å². The standard InChI is InChI=1S/C19H19NO3SSe/c1-22-15-10-8-14(9-11-15)17-20-19(12-13-24-2,18(21)23-17)25-16-6-4-3-5-7-16/h3-11H,12-13H2,1-2H3. The van der Waals surface area contributed by atoms with Crippen molar-refractivity contribution < 1.29 is 14.3 Å². The molecule has 0 amide bonds. The van der Waals surface area contributed by atoms with Crippen molar-refractivity contribution in [1.82, 2.24) is 0 Å². The molecule has 130 valence electrons. The molecule has 0 bridgehead atoms. The summed E-state index contributed by atoms with van der Waals surface area (Å²) in [5.74, 6) is 1.79. The summed E-state index contributed by atoms with van der Waals surface area (Å²) in [7, 11) is 1.62. The van der Waals surface area contributed by atoms with Gasteiger partial charge in [0.05, 0.1) is 0 Å². The van der Waals surface area contributed by atoms with E-state index in [-0.39, 0.29) is 20.9 Å². The Morgan fingerprint density at radius 2 is 1.88 bits per heavy atom. The number of hydrogen-bond donors (Lipinski definition) is 0. The first kappa shape index (κ1) is 18.1. The van der Waals surface area contributed by atoms with E-state index in [2.05, 4.69) is 12.1 Å². The van der Waals surface area contributed by atoms with Gasteiger partial charge in [-0.1, -0.05) is 0 Å². The number of carbonyl (C=O) groups is 1. The molecule has 0 saturated heterocycles. The molecule has 1 aliphatic rings. The molecule has 2 aromatic rings. The van der Waals surface area contributed by atoms with Crippen LogP contribution in [0.4, 0.5) is 0 Å². The van der Waals surface area contributed by atoms with E-state index in [9.17, 15) is 4.79 Å². The van der Waals surface area contributed by atoms with Crippen LogP contribution in [0.2, 0.25) is 0 Å². The van der Waals surface area contributed by atoms with Crippen LogP contribution in [-0.4, -0.2) is 50.4 Å². The number of methoxy groups -OCH3 is 1. The molecule has 0 fully saturated rings. The fourth-order valence-electron chi connectivity index (χ4n) is 2.45. The Balaban J connectivity index is 1.92. The minimum absolute atomic E-state index is 0.130. The summed E-state index contributed by atoms with van der Waals surface area (Å²) >= 11 is 1.59. The van der Waals surface area contributed by atoms with Crippen molar-refractivity contribution in [2.45, 2.75) is 10.9 Å². The molecule has 6 heteroatoms. The third kappa shape index (κ3) is 4.09. The number of cyclic esters (lactones) is 1. The first-order valence-electron chi connectivity index (χ1n) is 7.86. The third-order valence-corrected chi connectivity index (χ3v) is 7.16. The maximum absolute atomic E-state index is 12.8. The van der Waals surface area contributed by atoms with Crippen molar-refractivity contribution in [2.24, 2.45) is 4.99 Å². The van der Waals surface area contributed by atoms with Gasteiger partial charge in [0.2, 0.25) is 0 Å². The Morgan fingerprint density at radius 3 is 2.52 bits per heavy atom. The second-order valence-electron chi connectivity index (χ2n) is 5.48. The molecular weight excluding hydrogens is 401 g/mol. The molecule has 1 heterocycles. The predicted octanol–water partition coefficient (Wildman–Crippen LogP) is 2.48. The van der Waals surface area contributed by atoms with Gasteiger partial charge in [-0.2, -0.15) is 0 Å². The molecule has 25 heavy (non-hydrogen) atoms. The summed E-state index contributed by atoms with van der Waals surface area (Å²) in [4.78, 5) is 17.5. The van der Waals surface area contributed by atoms with E-state index >= 15 is 0 Å². The van der Waals surface area contributed by atoms with Crippen LogP contribution >= 0.6 is 11.8 Å². The number of rotatable bonds is 7. The average Bonchev–Trinajstić information content (AvgIpc) is 2.97. The van der Waals surface area contributed by atoms with Crippen LogP contribution in [-0.2, 0) is 9.53 Å². The molecule has 1 aliphatic heterocycles. The summed E-state index contributed by atoms with van der Waals surface area (Å²) in [6, 6.07) is 17.5. The molecule has 4 nitrogen and oxygen atoms in total. The Hall–Kier alpha value is -1.75. The van der Waals surface area contributed by atoms with Gasteiger partial charge < -0.3 is 0 Å². The van der Waals surface area contributed by atoms with E-state index < -0.39 is 4.44 Å². The SMILES string of the molecule is COc1ccc(C2=NC(CCSC)([Se]c3ccccc3)C(=O)O2)cc1. The first-order valence-corrected chi connectivity index (χ1v) is 11.0. The summed E-state index contributed by atoms with van der Waals surface area (Å²) in [6.45, 7) is 0. The van der Waals surface area contributed by atoms with Crippen LogP contribution in [0.5, 0.6) is 5.75 Å². The second kappa shape index (κ2) is 8.09. The summed E-state index contributed by atoms with van der Waals surface area (Å²) < 4.78 is 11.1. The molecule has 0 aromatic heterocycles. The average molecular weight is 420 g/mol. The molecule has 1 atom stereocenters. The number of carbonyl (C=O) groups excluding carboxylic acids is 1. The fraction of sp³-hybridized carbons (Fsp3) is 0.263. The van der Waals surface area contributed by atoms with Crippen molar-refractivity contribution >= 4 is 43.0 Å². The number of aliphatic imine (C=N–C) groups is 1. The number of benzene rings is 2. The van der Waals surface area contributed by atoms with Gasteiger partial charge in [-0.25, -0.2) is 0 Å². The number of nitrogens with zero attached hydrogens (tertiary/aromatic N) is 1. The monoisotopic (exact) mass is 421 g/mol. The number of hydrogen-bond acceptors (Lipinski definition) is 5. The van der Waals surface area contributed by atoms with Crippen LogP contribution in [0.1, 0.15) is 12.0 Å². The third-order valence-electron chi connectivity index (χ3n) is 3.80. The van der Waals surface area contributed by atoms with Gasteiger partial charge in [0.1, 0.15) is 0 Å². The summed E-state index contributed by atoms with van der Waals surface area (Å²) in [5, 5.41) is 0. The summed E-state index contributed by atoms with van der Waals surface area (Å²) in [6.07, 6.45) is 2.72. The zero-order chi connectivity index (χ0) is 17.7. The van der Waals surface area contributed by atoms with Crippen LogP contribution in [0.25, 0.3) is 0 Å². The van der Waals surface area contributed by atoms with E-state index in [1.54, 1.807) is 18.9 Å². The predicted molar refractivity (Wildman–Crippen MR) is 103 cm³/mol. The maximum atomic E-state index is 12.8. The van der Waals surface area contributed by atoms with Crippen LogP contribution < -0.4 is 9.20 Å². The van der Waals surface area contributed by atoms with Gasteiger partial charge in [0.25, 0.3) is 0 Å². The van der Waals surface area contributed by atoms with Gasteiger partial charge in [-0.05, 0) is 0 Å². The Labute approximate surface area is 158 Å². The number of thioether (sulfide) groups is 1. The van der Waals surface area contributed by atoms with Gasteiger partial charge in [0.15, 0.2) is 0 Å². The van der Waals surface area contributed by atoms with Gasteiger partial charge in [-0.15, -0.1) is 0 Å². The van der Waals surface area contributed by atoms with Crippen molar-refractivity contribution in [3.05, 3.63) is 60.2 Å². The van der Waals surface area contributed by atoms with Crippen LogP contribution in [0.3, 0.4) is 0 Å². The number of ether oxygens (including phenoxy) is 2. The zero-order valence-electron chi connectivity index (χ0n) is 14.1. The minimum atomic E-state index is -0.785. The normalized spacial score (nSPS) is 19.4. The molecule has 1 unspecified atom stereocenters. The topological polar surface area (TPSA) is 47.9 Å². The fourth-order valence-corrected chi connectivity index (χ4v) is 5.64. The van der Waals surface area contributed by atoms with Crippen molar-refractivity contribution in [2.75, 3.05) is 19.1 Å². The molecular formula is C19H19NO3SSe. The van der Waals surface area contributed by atoms with Crippen molar-refractivity contribution in [3.8, 4) is 5.75 Å². The quantitative estimate of drug-likeness (QED) is 0.510. The van der Waals surface area contributed by atoms with Crippen LogP contribution in [0.15, 0.2) is 59.6 Å².